The maximum atomic E-state index is 9.51. The van der Waals surface area contributed by atoms with E-state index in [4.69, 9.17) is 0 Å². The average molecular weight is 218 g/mol. The molecule has 0 unspecified atom stereocenters. The van der Waals surface area contributed by atoms with E-state index in [1.165, 1.54) is 18.4 Å². The van der Waals surface area contributed by atoms with E-state index in [-0.39, 0.29) is 0 Å². The molecule has 0 aromatic heterocycles. The van der Waals surface area contributed by atoms with E-state index in [1.807, 2.05) is 12.1 Å². The summed E-state index contributed by atoms with van der Waals surface area (Å²) in [5.41, 5.74) is 1.58. The molecule has 0 bridgehead atoms. The summed E-state index contributed by atoms with van der Waals surface area (Å²) < 4.78 is 0. The lowest BCUT2D eigenvalue weighted by atomic mass is 9.95. The molecular weight excluding hydrogens is 200 g/mol. The van der Waals surface area contributed by atoms with Crippen molar-refractivity contribution < 1.29 is 5.11 Å². The van der Waals surface area contributed by atoms with Gasteiger partial charge in [-0.25, -0.2) is 0 Å². The van der Waals surface area contributed by atoms with E-state index < -0.39 is 0 Å². The van der Waals surface area contributed by atoms with Crippen LogP contribution in [-0.2, 0) is 5.41 Å². The second kappa shape index (κ2) is 3.75. The van der Waals surface area contributed by atoms with Crippen molar-refractivity contribution in [3.63, 3.8) is 0 Å². The second-order valence-corrected chi connectivity index (χ2v) is 5.07. The van der Waals surface area contributed by atoms with Gasteiger partial charge in [0.15, 0.2) is 0 Å². The van der Waals surface area contributed by atoms with Crippen LogP contribution in [0.5, 0.6) is 5.75 Å². The number of aromatic hydroxyl groups is 1. The molecule has 0 atom stereocenters. The Morgan fingerprint density at radius 1 is 1.38 bits per heavy atom. The molecule has 2 aliphatic rings. The third-order valence-corrected chi connectivity index (χ3v) is 3.82. The Morgan fingerprint density at radius 3 is 2.75 bits per heavy atom. The number of phenolic OH excluding ortho intramolecular Hbond substituents is 1. The van der Waals surface area contributed by atoms with Crippen LogP contribution in [0.3, 0.4) is 0 Å². The first-order valence-electron chi connectivity index (χ1n) is 6.02. The summed E-state index contributed by atoms with van der Waals surface area (Å²) in [6.07, 6.45) is 2.48. The van der Waals surface area contributed by atoms with Gasteiger partial charge in [-0.15, -0.1) is 0 Å². The fraction of sp³-hybridized carbons (Fsp3) is 0.538. The lowest BCUT2D eigenvalue weighted by Gasteiger charge is -2.30. The fourth-order valence-corrected chi connectivity index (χ4v) is 2.33. The predicted molar refractivity (Wildman–Crippen MR) is 63.7 cm³/mol. The molecule has 3 heteroatoms. The highest BCUT2D eigenvalue weighted by Gasteiger charge is 2.44. The van der Waals surface area contributed by atoms with E-state index >= 15 is 0 Å². The summed E-state index contributed by atoms with van der Waals surface area (Å²) in [5.74, 6) is 0.383. The Morgan fingerprint density at radius 2 is 2.19 bits per heavy atom. The Labute approximate surface area is 95.9 Å². The molecule has 0 radical (unpaired) electrons. The van der Waals surface area contributed by atoms with Crippen LogP contribution < -0.4 is 10.6 Å². The molecule has 1 aromatic rings. The Bertz CT molecular complexity index is 383. The first-order valence-corrected chi connectivity index (χ1v) is 6.02. The van der Waals surface area contributed by atoms with Gasteiger partial charge in [0.05, 0.1) is 0 Å². The molecular formula is C13H18N2O. The highest BCUT2D eigenvalue weighted by atomic mass is 16.3. The molecule has 86 valence electrons. The smallest absolute Gasteiger partial charge is 0.115 e. The summed E-state index contributed by atoms with van der Waals surface area (Å²) in [6.45, 7) is 3.23. The highest BCUT2D eigenvalue weighted by Crippen LogP contribution is 2.48. The van der Waals surface area contributed by atoms with Gasteiger partial charge in [0.1, 0.15) is 5.75 Å². The van der Waals surface area contributed by atoms with Gasteiger partial charge in [-0.05, 0) is 30.5 Å². The van der Waals surface area contributed by atoms with Crippen LogP contribution >= 0.6 is 0 Å². The zero-order valence-corrected chi connectivity index (χ0v) is 9.37. The van der Waals surface area contributed by atoms with E-state index in [9.17, 15) is 5.11 Å². The minimum Gasteiger partial charge on any atom is -0.508 e. The van der Waals surface area contributed by atoms with Crippen molar-refractivity contribution in [1.29, 1.82) is 0 Å². The summed E-state index contributed by atoms with van der Waals surface area (Å²) >= 11 is 0. The molecule has 1 aliphatic carbocycles. The van der Waals surface area contributed by atoms with Crippen molar-refractivity contribution >= 4 is 0 Å². The molecule has 1 saturated heterocycles. The topological polar surface area (TPSA) is 44.3 Å². The molecule has 3 N–H and O–H groups in total. The third kappa shape index (κ3) is 1.81. The van der Waals surface area contributed by atoms with Crippen molar-refractivity contribution in [3.8, 4) is 5.75 Å². The van der Waals surface area contributed by atoms with Crippen molar-refractivity contribution in [2.45, 2.75) is 24.3 Å². The Hall–Kier alpha value is -1.06. The van der Waals surface area contributed by atoms with Gasteiger partial charge in [0, 0.05) is 31.1 Å². The monoisotopic (exact) mass is 218 g/mol. The number of nitrogens with one attached hydrogen (secondary N) is 2. The lowest BCUT2D eigenvalue weighted by molar-refractivity contribution is 0.353. The van der Waals surface area contributed by atoms with Crippen LogP contribution in [0.15, 0.2) is 24.3 Å². The number of hydrogen-bond acceptors (Lipinski definition) is 3. The van der Waals surface area contributed by atoms with Crippen LogP contribution in [0.1, 0.15) is 18.4 Å². The normalized spacial score (nSPS) is 22.8. The SMILES string of the molecule is Oc1cccc(C2(CNC3CNC3)CC2)c1. The van der Waals surface area contributed by atoms with Gasteiger partial charge in [-0.1, -0.05) is 12.1 Å². The molecule has 16 heavy (non-hydrogen) atoms. The molecule has 1 aliphatic heterocycles. The van der Waals surface area contributed by atoms with Crippen molar-refractivity contribution in [1.82, 2.24) is 10.6 Å². The first-order chi connectivity index (χ1) is 7.78. The summed E-state index contributed by atoms with van der Waals surface area (Å²) in [4.78, 5) is 0. The van der Waals surface area contributed by atoms with Crippen LogP contribution in [0.25, 0.3) is 0 Å². The third-order valence-electron chi connectivity index (χ3n) is 3.82. The second-order valence-electron chi connectivity index (χ2n) is 5.07. The standard InChI is InChI=1S/C13H18N2O/c16-12-3-1-2-10(6-12)13(4-5-13)9-15-11-7-14-8-11/h1-3,6,11,14-16H,4-5,7-9H2. The summed E-state index contributed by atoms with van der Waals surface area (Å²) in [7, 11) is 0. The molecule has 1 aromatic carbocycles. The minimum absolute atomic E-state index is 0.300. The minimum atomic E-state index is 0.300. The van der Waals surface area contributed by atoms with Gasteiger partial charge in [-0.3, -0.25) is 0 Å². The predicted octanol–water partition coefficient (Wildman–Crippen LogP) is 0.985. The van der Waals surface area contributed by atoms with Crippen LogP contribution in [0, 0.1) is 0 Å². The Balaban J connectivity index is 1.67. The number of phenols is 1. The van der Waals surface area contributed by atoms with Crippen LogP contribution in [-0.4, -0.2) is 30.8 Å². The maximum absolute atomic E-state index is 9.51. The molecule has 3 nitrogen and oxygen atoms in total. The van der Waals surface area contributed by atoms with Gasteiger partial charge in [0.2, 0.25) is 0 Å². The van der Waals surface area contributed by atoms with E-state index in [0.717, 1.165) is 19.6 Å². The largest absolute Gasteiger partial charge is 0.508 e. The molecule has 1 heterocycles. The number of rotatable bonds is 4. The van der Waals surface area contributed by atoms with Crippen LogP contribution in [0.4, 0.5) is 0 Å². The highest BCUT2D eigenvalue weighted by molar-refractivity contribution is 5.37. The zero-order chi connectivity index (χ0) is 11.0. The zero-order valence-electron chi connectivity index (χ0n) is 9.37. The molecule has 3 rings (SSSR count). The van der Waals surface area contributed by atoms with E-state index in [1.54, 1.807) is 6.07 Å². The summed E-state index contributed by atoms with van der Waals surface area (Å²) in [6, 6.07) is 8.37. The van der Waals surface area contributed by atoms with Gasteiger partial charge in [0.25, 0.3) is 0 Å². The van der Waals surface area contributed by atoms with Crippen molar-refractivity contribution in [2.75, 3.05) is 19.6 Å². The van der Waals surface area contributed by atoms with Gasteiger partial charge < -0.3 is 15.7 Å². The quantitative estimate of drug-likeness (QED) is 0.706. The lowest BCUT2D eigenvalue weighted by Crippen LogP contribution is -2.56. The van der Waals surface area contributed by atoms with Crippen molar-refractivity contribution in [3.05, 3.63) is 29.8 Å². The van der Waals surface area contributed by atoms with Crippen LogP contribution in [0.2, 0.25) is 0 Å². The molecule has 0 amide bonds. The summed E-state index contributed by atoms with van der Waals surface area (Å²) in [5, 5.41) is 16.4. The van der Waals surface area contributed by atoms with Gasteiger partial charge >= 0.3 is 0 Å². The molecule has 0 spiro atoms. The van der Waals surface area contributed by atoms with Gasteiger partial charge in [-0.2, -0.15) is 0 Å². The maximum Gasteiger partial charge on any atom is 0.115 e. The number of benzene rings is 1. The Kier molecular flexibility index (Phi) is 2.37. The molecule has 2 fully saturated rings. The van der Waals surface area contributed by atoms with Crippen molar-refractivity contribution in [2.24, 2.45) is 0 Å². The first kappa shape index (κ1) is 10.1. The fourth-order valence-electron chi connectivity index (χ4n) is 2.33. The molecule has 1 saturated carbocycles. The van der Waals surface area contributed by atoms with E-state index in [0.29, 0.717) is 17.2 Å². The average Bonchev–Trinajstić information content (AvgIpc) is 2.97. The van der Waals surface area contributed by atoms with E-state index in [2.05, 4.69) is 16.7 Å². The number of hydrogen-bond donors (Lipinski definition) is 3.